The molecule has 7 nitrogen and oxygen atoms in total. The van der Waals surface area contributed by atoms with Gasteiger partial charge in [0.05, 0.1) is 29.1 Å². The van der Waals surface area contributed by atoms with Crippen molar-refractivity contribution in [3.05, 3.63) is 64.9 Å². The molecule has 0 aliphatic carbocycles. The molecule has 160 valence electrons. The molecule has 3 heterocycles. The first-order chi connectivity index (χ1) is 14.9. The van der Waals surface area contributed by atoms with E-state index in [1.54, 1.807) is 4.90 Å². The first-order valence-electron chi connectivity index (χ1n) is 9.56. The van der Waals surface area contributed by atoms with Crippen molar-refractivity contribution in [3.8, 4) is 10.6 Å². The lowest BCUT2D eigenvalue weighted by Crippen LogP contribution is -2.40. The zero-order valence-corrected chi connectivity index (χ0v) is 17.0. The van der Waals surface area contributed by atoms with Crippen LogP contribution in [0, 0.1) is 11.6 Å². The molecule has 4 rings (SSSR count). The third-order valence-electron chi connectivity index (χ3n) is 4.96. The highest BCUT2D eigenvalue weighted by molar-refractivity contribution is 7.13. The summed E-state index contributed by atoms with van der Waals surface area (Å²) >= 11 is 0.937. The van der Waals surface area contributed by atoms with Crippen LogP contribution in [-0.2, 0) is 0 Å². The highest BCUT2D eigenvalue weighted by Gasteiger charge is 2.25. The van der Waals surface area contributed by atoms with Crippen LogP contribution in [0.25, 0.3) is 10.6 Å². The van der Waals surface area contributed by atoms with Gasteiger partial charge in [-0.05, 0) is 31.0 Å². The number of halogens is 2. The van der Waals surface area contributed by atoms with Crippen molar-refractivity contribution in [2.45, 2.75) is 18.9 Å². The number of aliphatic hydroxyl groups excluding tert-OH is 1. The van der Waals surface area contributed by atoms with Gasteiger partial charge in [0.25, 0.3) is 11.8 Å². The lowest BCUT2D eigenvalue weighted by Gasteiger charge is -2.30. The quantitative estimate of drug-likeness (QED) is 0.644. The Labute approximate surface area is 180 Å². The number of benzene rings is 1. The molecule has 0 atom stereocenters. The van der Waals surface area contributed by atoms with Crippen molar-refractivity contribution >= 4 is 28.8 Å². The van der Waals surface area contributed by atoms with Crippen LogP contribution in [0.1, 0.15) is 33.7 Å². The van der Waals surface area contributed by atoms with Gasteiger partial charge in [0, 0.05) is 24.7 Å². The number of anilines is 1. The first-order valence-corrected chi connectivity index (χ1v) is 10.4. The molecule has 10 heteroatoms. The van der Waals surface area contributed by atoms with E-state index in [9.17, 15) is 23.5 Å². The Balaban J connectivity index is 1.54. The van der Waals surface area contributed by atoms with Gasteiger partial charge in [-0.15, -0.1) is 11.3 Å². The van der Waals surface area contributed by atoms with Crippen LogP contribution in [0.15, 0.2) is 42.0 Å². The Bertz CT molecular complexity index is 1110. The summed E-state index contributed by atoms with van der Waals surface area (Å²) in [5.41, 5.74) is 0.132. The third kappa shape index (κ3) is 4.44. The molecule has 0 unspecified atom stereocenters. The van der Waals surface area contributed by atoms with Crippen LogP contribution in [0.3, 0.4) is 0 Å². The van der Waals surface area contributed by atoms with E-state index in [2.05, 4.69) is 15.3 Å². The second-order valence-electron chi connectivity index (χ2n) is 7.03. The van der Waals surface area contributed by atoms with Gasteiger partial charge >= 0.3 is 0 Å². The fraction of sp³-hybridized carbons (Fsp3) is 0.238. The molecule has 1 fully saturated rings. The average Bonchev–Trinajstić information content (AvgIpc) is 3.24. The minimum atomic E-state index is -0.770. The van der Waals surface area contributed by atoms with Gasteiger partial charge in [-0.2, -0.15) is 0 Å². The Morgan fingerprint density at radius 3 is 2.58 bits per heavy atom. The van der Waals surface area contributed by atoms with Gasteiger partial charge in [-0.1, -0.05) is 6.07 Å². The van der Waals surface area contributed by atoms with Crippen molar-refractivity contribution in [2.75, 3.05) is 18.4 Å². The van der Waals surface area contributed by atoms with E-state index < -0.39 is 23.6 Å². The van der Waals surface area contributed by atoms with Gasteiger partial charge in [0.15, 0.2) is 0 Å². The number of carbonyl (C=O) groups excluding carboxylic acids is 2. The van der Waals surface area contributed by atoms with Crippen molar-refractivity contribution in [3.63, 3.8) is 0 Å². The summed E-state index contributed by atoms with van der Waals surface area (Å²) < 4.78 is 28.0. The molecule has 2 N–H and O–H groups in total. The predicted octanol–water partition coefficient (Wildman–Crippen LogP) is 3.33. The van der Waals surface area contributed by atoms with Crippen LogP contribution in [-0.4, -0.2) is 51.0 Å². The van der Waals surface area contributed by atoms with Crippen LogP contribution >= 0.6 is 11.3 Å². The monoisotopic (exact) mass is 444 g/mol. The number of rotatable bonds is 4. The third-order valence-corrected chi connectivity index (χ3v) is 5.82. The summed E-state index contributed by atoms with van der Waals surface area (Å²) in [6.07, 6.45) is 3.37. The Morgan fingerprint density at radius 1 is 1.16 bits per heavy atom. The molecule has 0 saturated carbocycles. The van der Waals surface area contributed by atoms with Gasteiger partial charge in [-0.25, -0.2) is 13.8 Å². The molecule has 1 aliphatic heterocycles. The van der Waals surface area contributed by atoms with Gasteiger partial charge < -0.3 is 15.3 Å². The fourth-order valence-corrected chi connectivity index (χ4v) is 4.15. The highest BCUT2D eigenvalue weighted by Crippen LogP contribution is 2.29. The highest BCUT2D eigenvalue weighted by atomic mass is 32.1. The number of piperidine rings is 1. The van der Waals surface area contributed by atoms with E-state index in [-0.39, 0.29) is 33.4 Å². The molecule has 1 saturated heterocycles. The topological polar surface area (TPSA) is 95.4 Å². The van der Waals surface area contributed by atoms with E-state index in [1.165, 1.54) is 29.9 Å². The van der Waals surface area contributed by atoms with E-state index >= 15 is 0 Å². The number of aliphatic hydroxyl groups is 1. The predicted molar refractivity (Wildman–Crippen MR) is 111 cm³/mol. The Morgan fingerprint density at radius 2 is 1.87 bits per heavy atom. The number of aromatic nitrogens is 2. The maximum Gasteiger partial charge on any atom is 0.275 e. The fourth-order valence-electron chi connectivity index (χ4n) is 3.30. The SMILES string of the molecule is O=C(Nc1cnccc1C(=O)N1CCC(O)CC1)c1csc(-c2c(F)cccc2F)n1. The number of likely N-dealkylation sites (tertiary alicyclic amines) is 1. The number of pyridine rings is 1. The first kappa shape index (κ1) is 21.0. The number of nitrogens with one attached hydrogen (secondary N) is 1. The minimum Gasteiger partial charge on any atom is -0.393 e. The second kappa shape index (κ2) is 8.86. The molecule has 2 aromatic heterocycles. The number of nitrogens with zero attached hydrogens (tertiary/aromatic N) is 3. The molecule has 0 bridgehead atoms. The van der Waals surface area contributed by atoms with E-state index in [1.807, 2.05) is 0 Å². The minimum absolute atomic E-state index is 0.0361. The largest absolute Gasteiger partial charge is 0.393 e. The summed E-state index contributed by atoms with van der Waals surface area (Å²) in [5, 5.41) is 13.7. The zero-order chi connectivity index (χ0) is 22.0. The summed E-state index contributed by atoms with van der Waals surface area (Å²) in [5.74, 6) is -2.45. The Hall–Kier alpha value is -3.24. The van der Waals surface area contributed by atoms with Crippen molar-refractivity contribution in [2.24, 2.45) is 0 Å². The van der Waals surface area contributed by atoms with E-state index in [0.717, 1.165) is 23.5 Å². The number of hydrogen-bond acceptors (Lipinski definition) is 6. The van der Waals surface area contributed by atoms with Crippen molar-refractivity contribution < 1.29 is 23.5 Å². The zero-order valence-electron chi connectivity index (χ0n) is 16.2. The summed E-state index contributed by atoms with van der Waals surface area (Å²) in [6.45, 7) is 0.832. The summed E-state index contributed by atoms with van der Waals surface area (Å²) in [6, 6.07) is 4.99. The molecule has 1 aliphatic rings. The van der Waals surface area contributed by atoms with Gasteiger partial charge in [0.1, 0.15) is 22.3 Å². The number of carbonyl (C=O) groups is 2. The molecular weight excluding hydrogens is 426 g/mol. The lowest BCUT2D eigenvalue weighted by molar-refractivity contribution is 0.0547. The molecule has 1 aromatic carbocycles. The summed E-state index contributed by atoms with van der Waals surface area (Å²) in [4.78, 5) is 35.2. The van der Waals surface area contributed by atoms with Crippen LogP contribution in [0.2, 0.25) is 0 Å². The normalized spacial score (nSPS) is 14.5. The van der Waals surface area contributed by atoms with Crippen LogP contribution in [0.4, 0.5) is 14.5 Å². The second-order valence-corrected chi connectivity index (χ2v) is 7.89. The molecular formula is C21H18F2N4O3S. The van der Waals surface area contributed by atoms with Gasteiger partial charge in [-0.3, -0.25) is 14.6 Å². The van der Waals surface area contributed by atoms with Crippen LogP contribution < -0.4 is 5.32 Å². The van der Waals surface area contributed by atoms with E-state index in [0.29, 0.717) is 25.9 Å². The van der Waals surface area contributed by atoms with Gasteiger partial charge in [0.2, 0.25) is 0 Å². The van der Waals surface area contributed by atoms with Crippen molar-refractivity contribution in [1.29, 1.82) is 0 Å². The number of thiazole rings is 1. The lowest BCUT2D eigenvalue weighted by atomic mass is 10.1. The average molecular weight is 444 g/mol. The van der Waals surface area contributed by atoms with E-state index in [4.69, 9.17) is 0 Å². The standard InChI is InChI=1S/C21H18F2N4O3S/c22-14-2-1-3-15(23)18(14)20-26-17(11-31-20)19(29)25-16-10-24-7-4-13(16)21(30)27-8-5-12(28)6-9-27/h1-4,7,10-12,28H,5-6,8-9H2,(H,25,29). The Kier molecular flexibility index (Phi) is 6.01. The molecule has 0 radical (unpaired) electrons. The summed E-state index contributed by atoms with van der Waals surface area (Å²) in [7, 11) is 0. The molecule has 2 amide bonds. The molecule has 3 aromatic rings. The smallest absolute Gasteiger partial charge is 0.275 e. The maximum atomic E-state index is 14.0. The van der Waals surface area contributed by atoms with Crippen LogP contribution in [0.5, 0.6) is 0 Å². The number of hydrogen-bond donors (Lipinski definition) is 2. The maximum absolute atomic E-state index is 14.0. The molecule has 0 spiro atoms. The molecule has 31 heavy (non-hydrogen) atoms. The number of amides is 2. The van der Waals surface area contributed by atoms with Crippen molar-refractivity contribution in [1.82, 2.24) is 14.9 Å².